The summed E-state index contributed by atoms with van der Waals surface area (Å²) in [7, 11) is 1.78. The SMILES string of the molecule is Cn1nc2c(=O)n(CC3(O)CCN(Cc4ccc(-n5ccnc5)cc4Cl)CC3)cnc2c1-c1ccc(CNC(=O)OC(C)(C)C)cc1. The Balaban J connectivity index is 1.10. The molecule has 0 atom stereocenters. The minimum atomic E-state index is -1.05. The Kier molecular flexibility index (Phi) is 8.93. The number of aryl methyl sites for hydroxylation is 1. The number of likely N-dealkylation sites (tertiary alicyclic amines) is 1. The Hall–Kier alpha value is -4.52. The second kappa shape index (κ2) is 12.9. The first-order valence-corrected chi connectivity index (χ1v) is 16.0. The molecule has 1 fully saturated rings. The summed E-state index contributed by atoms with van der Waals surface area (Å²) in [5, 5.41) is 19.4. The Morgan fingerprint density at radius 2 is 1.83 bits per heavy atom. The molecule has 13 heteroatoms. The molecule has 3 aromatic heterocycles. The van der Waals surface area contributed by atoms with Gasteiger partial charge in [-0.25, -0.2) is 14.8 Å². The van der Waals surface area contributed by atoms with Crippen molar-refractivity contribution in [2.75, 3.05) is 13.1 Å². The van der Waals surface area contributed by atoms with E-state index in [2.05, 4.69) is 25.3 Å². The van der Waals surface area contributed by atoms with Crippen LogP contribution in [0.25, 0.3) is 28.0 Å². The van der Waals surface area contributed by atoms with E-state index in [1.807, 2.05) is 74.0 Å². The van der Waals surface area contributed by atoms with Crippen LogP contribution in [0.5, 0.6) is 0 Å². The van der Waals surface area contributed by atoms with Gasteiger partial charge >= 0.3 is 6.09 Å². The molecule has 1 amide bonds. The molecule has 0 aliphatic carbocycles. The fourth-order valence-corrected chi connectivity index (χ4v) is 6.11. The number of aliphatic hydroxyl groups is 1. The number of carbonyl (C=O) groups excluding carboxylic acids is 1. The summed E-state index contributed by atoms with van der Waals surface area (Å²) in [6.45, 7) is 7.90. The summed E-state index contributed by atoms with van der Waals surface area (Å²) in [4.78, 5) is 36.5. The van der Waals surface area contributed by atoms with E-state index in [0.717, 1.165) is 22.4 Å². The van der Waals surface area contributed by atoms with Crippen LogP contribution in [0.3, 0.4) is 0 Å². The van der Waals surface area contributed by atoms with Crippen molar-refractivity contribution in [1.29, 1.82) is 0 Å². The fourth-order valence-electron chi connectivity index (χ4n) is 5.88. The maximum atomic E-state index is 13.6. The molecule has 0 unspecified atom stereocenters. The van der Waals surface area contributed by atoms with E-state index in [1.165, 1.54) is 10.9 Å². The van der Waals surface area contributed by atoms with Gasteiger partial charge in [0.1, 0.15) is 11.1 Å². The van der Waals surface area contributed by atoms with E-state index < -0.39 is 17.3 Å². The Morgan fingerprint density at radius 1 is 1.09 bits per heavy atom. The zero-order valence-electron chi connectivity index (χ0n) is 27.0. The number of fused-ring (bicyclic) bond motifs is 1. The first-order chi connectivity index (χ1) is 22.4. The smallest absolute Gasteiger partial charge is 0.407 e. The molecule has 2 aromatic carbocycles. The van der Waals surface area contributed by atoms with Gasteiger partial charge in [0.15, 0.2) is 5.52 Å². The number of nitrogens with one attached hydrogen (secondary N) is 1. The van der Waals surface area contributed by atoms with Crippen LogP contribution in [0, 0.1) is 0 Å². The molecule has 5 aromatic rings. The number of piperidine rings is 1. The molecule has 4 heterocycles. The van der Waals surface area contributed by atoms with Gasteiger partial charge in [0, 0.05) is 61.9 Å². The van der Waals surface area contributed by atoms with Gasteiger partial charge in [0.25, 0.3) is 5.56 Å². The molecule has 1 aliphatic rings. The van der Waals surface area contributed by atoms with Gasteiger partial charge in [-0.05, 0) is 56.9 Å². The van der Waals surface area contributed by atoms with Gasteiger partial charge in [0.05, 0.1) is 30.5 Å². The summed E-state index contributed by atoms with van der Waals surface area (Å²) in [6, 6.07) is 13.6. The highest BCUT2D eigenvalue weighted by molar-refractivity contribution is 6.31. The van der Waals surface area contributed by atoms with Gasteiger partial charge < -0.3 is 19.7 Å². The molecule has 0 saturated carbocycles. The normalized spacial score (nSPS) is 15.2. The van der Waals surface area contributed by atoms with Gasteiger partial charge in [0.2, 0.25) is 0 Å². The van der Waals surface area contributed by atoms with Crippen LogP contribution in [0.15, 0.2) is 72.3 Å². The molecule has 1 saturated heterocycles. The number of carbonyl (C=O) groups is 1. The number of amides is 1. The topological polar surface area (TPSA) is 132 Å². The number of halogens is 1. The van der Waals surface area contributed by atoms with Crippen molar-refractivity contribution < 1.29 is 14.6 Å². The molecule has 2 N–H and O–H groups in total. The molecule has 0 radical (unpaired) electrons. The van der Waals surface area contributed by atoms with Crippen LogP contribution in [-0.4, -0.2) is 69.3 Å². The lowest BCUT2D eigenvalue weighted by atomic mass is 9.91. The summed E-state index contributed by atoms with van der Waals surface area (Å²) < 4.78 is 10.3. The Morgan fingerprint density at radius 3 is 2.49 bits per heavy atom. The predicted octanol–water partition coefficient (Wildman–Crippen LogP) is 4.69. The molecule has 47 heavy (non-hydrogen) atoms. The fraction of sp³-hybridized carbons (Fsp3) is 0.382. The summed E-state index contributed by atoms with van der Waals surface area (Å²) in [5.74, 6) is 0. The molecule has 0 spiro atoms. The average Bonchev–Trinajstić information content (AvgIpc) is 3.68. The maximum absolute atomic E-state index is 13.6. The van der Waals surface area contributed by atoms with E-state index >= 15 is 0 Å². The molecule has 1 aliphatic heterocycles. The lowest BCUT2D eigenvalue weighted by Crippen LogP contribution is -2.47. The van der Waals surface area contributed by atoms with Crippen LogP contribution in [0.2, 0.25) is 5.02 Å². The summed E-state index contributed by atoms with van der Waals surface area (Å²) in [6.07, 6.45) is 7.36. The molecule has 6 rings (SSSR count). The number of hydrogen-bond acceptors (Lipinski definition) is 8. The van der Waals surface area contributed by atoms with E-state index in [9.17, 15) is 14.7 Å². The molecular formula is C34H39ClN8O4. The van der Waals surface area contributed by atoms with Crippen molar-refractivity contribution in [2.45, 2.75) is 64.4 Å². The van der Waals surface area contributed by atoms with Crippen LogP contribution in [-0.2, 0) is 31.4 Å². The minimum Gasteiger partial charge on any atom is -0.444 e. The Labute approximate surface area is 277 Å². The number of imidazole rings is 1. The third kappa shape index (κ3) is 7.40. The minimum absolute atomic E-state index is 0.133. The number of nitrogens with zero attached hydrogens (tertiary/aromatic N) is 7. The van der Waals surface area contributed by atoms with E-state index in [4.69, 9.17) is 16.3 Å². The largest absolute Gasteiger partial charge is 0.444 e. The third-order valence-corrected chi connectivity index (χ3v) is 8.71. The first kappa shape index (κ1) is 32.4. The predicted molar refractivity (Wildman–Crippen MR) is 179 cm³/mol. The highest BCUT2D eigenvalue weighted by atomic mass is 35.5. The van der Waals surface area contributed by atoms with Gasteiger partial charge in [-0.3, -0.25) is 18.9 Å². The highest BCUT2D eigenvalue weighted by Crippen LogP contribution is 2.29. The monoisotopic (exact) mass is 658 g/mol. The van der Waals surface area contributed by atoms with Crippen molar-refractivity contribution in [1.82, 2.24) is 39.1 Å². The number of aromatic nitrogens is 6. The van der Waals surface area contributed by atoms with Crippen molar-refractivity contribution in [3.05, 3.63) is 94.0 Å². The number of rotatable bonds is 8. The zero-order chi connectivity index (χ0) is 33.3. The lowest BCUT2D eigenvalue weighted by Gasteiger charge is -2.38. The number of alkyl carbamates (subject to hydrolysis) is 1. The molecule has 246 valence electrons. The summed E-state index contributed by atoms with van der Waals surface area (Å²) >= 11 is 6.61. The number of benzene rings is 2. The molecule has 0 bridgehead atoms. The van der Waals surface area contributed by atoms with Gasteiger partial charge in [-0.1, -0.05) is 41.9 Å². The second-order valence-corrected chi connectivity index (χ2v) is 13.6. The van der Waals surface area contributed by atoms with Gasteiger partial charge in [-0.2, -0.15) is 5.10 Å². The van der Waals surface area contributed by atoms with Crippen LogP contribution < -0.4 is 10.9 Å². The lowest BCUT2D eigenvalue weighted by molar-refractivity contribution is -0.0364. The third-order valence-electron chi connectivity index (χ3n) is 8.36. The second-order valence-electron chi connectivity index (χ2n) is 13.1. The van der Waals surface area contributed by atoms with Crippen molar-refractivity contribution in [2.24, 2.45) is 7.05 Å². The highest BCUT2D eigenvalue weighted by Gasteiger charge is 2.33. The number of hydrogen-bond donors (Lipinski definition) is 2. The van der Waals surface area contributed by atoms with Crippen LogP contribution in [0.4, 0.5) is 4.79 Å². The van der Waals surface area contributed by atoms with Crippen molar-refractivity contribution in [3.63, 3.8) is 0 Å². The molecule has 12 nitrogen and oxygen atoms in total. The maximum Gasteiger partial charge on any atom is 0.407 e. The average molecular weight is 659 g/mol. The van der Waals surface area contributed by atoms with Crippen molar-refractivity contribution in [3.8, 4) is 16.9 Å². The van der Waals surface area contributed by atoms with Gasteiger partial charge in [-0.15, -0.1) is 0 Å². The zero-order valence-corrected chi connectivity index (χ0v) is 27.7. The van der Waals surface area contributed by atoms with E-state index in [-0.39, 0.29) is 17.6 Å². The Bertz CT molecular complexity index is 1940. The quantitative estimate of drug-likeness (QED) is 0.246. The standard InChI is InChI=1S/C34H39ClN8O4/c1-33(2,3)47-32(45)37-18-23-5-7-24(8-6-23)30-28-29(39-40(30)4)31(44)43(22-38-28)20-34(46)11-14-41(15-12-34)19-25-9-10-26(17-27(25)35)42-16-13-36-21-42/h5-10,13,16-17,21-22,46H,11-12,14-15,18-20H2,1-4H3,(H,37,45). The first-order valence-electron chi connectivity index (χ1n) is 15.6. The van der Waals surface area contributed by atoms with E-state index in [0.29, 0.717) is 55.3 Å². The molecular weight excluding hydrogens is 620 g/mol. The summed E-state index contributed by atoms with van der Waals surface area (Å²) in [5.41, 5.74) is 3.23. The van der Waals surface area contributed by atoms with Crippen LogP contribution in [0.1, 0.15) is 44.7 Å². The number of ether oxygens (including phenoxy) is 1. The van der Waals surface area contributed by atoms with Crippen molar-refractivity contribution >= 4 is 28.7 Å². The van der Waals surface area contributed by atoms with E-state index in [1.54, 1.807) is 24.3 Å². The van der Waals surface area contributed by atoms with Crippen LogP contribution >= 0.6 is 11.6 Å².